The molecular formula is C20H20Cl2N2O2. The van der Waals surface area contributed by atoms with Crippen molar-refractivity contribution >= 4 is 46.8 Å². The van der Waals surface area contributed by atoms with E-state index in [0.29, 0.717) is 10.0 Å². The Kier molecular flexibility index (Phi) is 6.83. The maximum atomic E-state index is 12.2. The number of rotatable bonds is 5. The molecule has 0 fully saturated rings. The third-order valence-electron chi connectivity index (χ3n) is 3.86. The highest BCUT2D eigenvalue weighted by Gasteiger charge is 2.12. The number of nitrogens with one attached hydrogen (secondary N) is 1. The van der Waals surface area contributed by atoms with Crippen LogP contribution in [0.2, 0.25) is 10.0 Å². The Labute approximate surface area is 163 Å². The molecule has 0 unspecified atom stereocenters. The Balaban J connectivity index is 1.96. The lowest BCUT2D eigenvalue weighted by atomic mass is 10.1. The van der Waals surface area contributed by atoms with Crippen molar-refractivity contribution < 1.29 is 9.59 Å². The molecule has 6 heteroatoms. The molecule has 136 valence electrons. The van der Waals surface area contributed by atoms with Gasteiger partial charge in [-0.15, -0.1) is 0 Å². The normalized spacial score (nSPS) is 10.8. The van der Waals surface area contributed by atoms with Gasteiger partial charge in [0.15, 0.2) is 0 Å². The van der Waals surface area contributed by atoms with Crippen molar-refractivity contribution in [2.24, 2.45) is 0 Å². The summed E-state index contributed by atoms with van der Waals surface area (Å²) in [6.07, 6.45) is 3.02. The molecule has 0 heterocycles. The third kappa shape index (κ3) is 5.35. The highest BCUT2D eigenvalue weighted by atomic mass is 35.5. The number of carbonyl (C=O) groups is 2. The maximum Gasteiger partial charge on any atom is 0.246 e. The number of halogens is 2. The first-order chi connectivity index (χ1) is 12.3. The zero-order valence-corrected chi connectivity index (χ0v) is 16.4. The van der Waals surface area contributed by atoms with Crippen LogP contribution in [0.15, 0.2) is 42.5 Å². The van der Waals surface area contributed by atoms with Gasteiger partial charge < -0.3 is 10.2 Å². The summed E-state index contributed by atoms with van der Waals surface area (Å²) in [5.74, 6) is -0.533. The molecule has 2 rings (SSSR count). The number of likely N-dealkylation sites (N-methyl/N-ethyl adjacent to an activating group) is 1. The molecule has 1 N–H and O–H groups in total. The molecule has 0 bridgehead atoms. The van der Waals surface area contributed by atoms with E-state index in [4.69, 9.17) is 23.2 Å². The Morgan fingerprint density at radius 3 is 2.35 bits per heavy atom. The van der Waals surface area contributed by atoms with Crippen LogP contribution in [-0.4, -0.2) is 30.3 Å². The highest BCUT2D eigenvalue weighted by molar-refractivity contribution is 6.42. The number of hydrogen-bond acceptors (Lipinski definition) is 2. The first kappa shape index (κ1) is 20.0. The standard InChI is InChI=1S/C20H20Cl2N2O2/c1-13-5-4-6-14(2)20(13)23-18(25)12-24(3)19(26)10-8-15-7-9-16(21)17(22)11-15/h4-11H,12H2,1-3H3,(H,23,25)/b10-8+. The lowest BCUT2D eigenvalue weighted by Gasteiger charge is -2.16. The van der Waals surface area contributed by atoms with Gasteiger partial charge in [-0.05, 0) is 48.7 Å². The fourth-order valence-electron chi connectivity index (χ4n) is 2.39. The minimum Gasteiger partial charge on any atom is -0.333 e. The first-order valence-electron chi connectivity index (χ1n) is 8.02. The fourth-order valence-corrected chi connectivity index (χ4v) is 2.70. The first-order valence-corrected chi connectivity index (χ1v) is 8.78. The molecule has 2 aromatic carbocycles. The van der Waals surface area contributed by atoms with Crippen molar-refractivity contribution in [2.75, 3.05) is 18.9 Å². The van der Waals surface area contributed by atoms with Gasteiger partial charge in [-0.3, -0.25) is 9.59 Å². The molecular weight excluding hydrogens is 371 g/mol. The molecule has 0 aliphatic carbocycles. The zero-order valence-electron chi connectivity index (χ0n) is 14.8. The second kappa shape index (κ2) is 8.88. The van der Waals surface area contributed by atoms with Crippen LogP contribution in [0.25, 0.3) is 6.08 Å². The molecule has 0 saturated heterocycles. The zero-order chi connectivity index (χ0) is 19.3. The summed E-state index contributed by atoms with van der Waals surface area (Å²) in [4.78, 5) is 25.8. The Bertz CT molecular complexity index is 843. The molecule has 26 heavy (non-hydrogen) atoms. The molecule has 0 saturated carbocycles. The van der Waals surface area contributed by atoms with E-state index in [-0.39, 0.29) is 18.4 Å². The van der Waals surface area contributed by atoms with Gasteiger partial charge in [0.25, 0.3) is 0 Å². The predicted octanol–water partition coefficient (Wildman–Crippen LogP) is 4.72. The second-order valence-electron chi connectivity index (χ2n) is 6.02. The highest BCUT2D eigenvalue weighted by Crippen LogP contribution is 2.23. The van der Waals surface area contributed by atoms with E-state index >= 15 is 0 Å². The number of hydrogen-bond donors (Lipinski definition) is 1. The number of para-hydroxylation sites is 1. The van der Waals surface area contributed by atoms with Gasteiger partial charge in [-0.1, -0.05) is 47.5 Å². The van der Waals surface area contributed by atoms with Crippen LogP contribution >= 0.6 is 23.2 Å². The second-order valence-corrected chi connectivity index (χ2v) is 6.83. The average molecular weight is 391 g/mol. The largest absolute Gasteiger partial charge is 0.333 e. The van der Waals surface area contributed by atoms with Gasteiger partial charge in [-0.2, -0.15) is 0 Å². The number of nitrogens with zero attached hydrogens (tertiary/aromatic N) is 1. The molecule has 2 amide bonds. The number of amides is 2. The van der Waals surface area contributed by atoms with E-state index in [1.165, 1.54) is 11.0 Å². The average Bonchev–Trinajstić information content (AvgIpc) is 2.59. The molecule has 4 nitrogen and oxygen atoms in total. The van der Waals surface area contributed by atoms with Gasteiger partial charge in [-0.25, -0.2) is 0 Å². The molecule has 0 spiro atoms. The van der Waals surface area contributed by atoms with Crippen molar-refractivity contribution in [3.05, 3.63) is 69.2 Å². The summed E-state index contributed by atoms with van der Waals surface area (Å²) in [5.41, 5.74) is 3.49. The Morgan fingerprint density at radius 2 is 1.73 bits per heavy atom. The number of anilines is 1. The van der Waals surface area contributed by atoms with Crippen LogP contribution in [0.5, 0.6) is 0 Å². The third-order valence-corrected chi connectivity index (χ3v) is 4.60. The van der Waals surface area contributed by atoms with Crippen LogP contribution in [-0.2, 0) is 9.59 Å². The minimum atomic E-state index is -0.285. The van der Waals surface area contributed by atoms with Crippen LogP contribution in [0.4, 0.5) is 5.69 Å². The number of benzene rings is 2. The van der Waals surface area contributed by atoms with Gasteiger partial charge in [0.1, 0.15) is 0 Å². The van der Waals surface area contributed by atoms with Gasteiger partial charge >= 0.3 is 0 Å². The minimum absolute atomic E-state index is 0.0433. The van der Waals surface area contributed by atoms with Gasteiger partial charge in [0.2, 0.25) is 11.8 Å². The maximum absolute atomic E-state index is 12.2. The monoisotopic (exact) mass is 390 g/mol. The van der Waals surface area contributed by atoms with E-state index in [1.807, 2.05) is 32.0 Å². The number of carbonyl (C=O) groups excluding carboxylic acids is 2. The Morgan fingerprint density at radius 1 is 1.08 bits per heavy atom. The summed E-state index contributed by atoms with van der Waals surface area (Å²) < 4.78 is 0. The predicted molar refractivity (Wildman–Crippen MR) is 108 cm³/mol. The van der Waals surface area contributed by atoms with E-state index in [9.17, 15) is 9.59 Å². The summed E-state index contributed by atoms with van der Waals surface area (Å²) >= 11 is 11.8. The van der Waals surface area contributed by atoms with Crippen molar-refractivity contribution in [1.29, 1.82) is 0 Å². The number of aryl methyl sites for hydroxylation is 2. The Hall–Kier alpha value is -2.30. The smallest absolute Gasteiger partial charge is 0.246 e. The van der Waals surface area contributed by atoms with E-state index < -0.39 is 0 Å². The lowest BCUT2D eigenvalue weighted by Crippen LogP contribution is -2.34. The molecule has 0 radical (unpaired) electrons. The quantitative estimate of drug-likeness (QED) is 0.750. The molecule has 0 aliphatic heterocycles. The van der Waals surface area contributed by atoms with Crippen molar-refractivity contribution in [3.63, 3.8) is 0 Å². The van der Waals surface area contributed by atoms with Crippen LogP contribution in [0.3, 0.4) is 0 Å². The summed E-state index contributed by atoms with van der Waals surface area (Å²) in [6, 6.07) is 10.9. The van der Waals surface area contributed by atoms with Gasteiger partial charge in [0.05, 0.1) is 16.6 Å². The lowest BCUT2D eigenvalue weighted by molar-refractivity contribution is -0.129. The SMILES string of the molecule is Cc1cccc(C)c1NC(=O)CN(C)C(=O)/C=C/c1ccc(Cl)c(Cl)c1. The summed E-state index contributed by atoms with van der Waals surface area (Å²) in [7, 11) is 1.58. The summed E-state index contributed by atoms with van der Waals surface area (Å²) in [5, 5.41) is 3.74. The van der Waals surface area contributed by atoms with Crippen LogP contribution in [0, 0.1) is 13.8 Å². The van der Waals surface area contributed by atoms with Crippen LogP contribution in [0.1, 0.15) is 16.7 Å². The van der Waals surface area contributed by atoms with Crippen molar-refractivity contribution in [2.45, 2.75) is 13.8 Å². The fraction of sp³-hybridized carbons (Fsp3) is 0.200. The molecule has 0 aliphatic rings. The molecule has 2 aromatic rings. The van der Waals surface area contributed by atoms with Crippen molar-refractivity contribution in [3.8, 4) is 0 Å². The summed E-state index contributed by atoms with van der Waals surface area (Å²) in [6.45, 7) is 3.81. The van der Waals surface area contributed by atoms with Crippen molar-refractivity contribution in [1.82, 2.24) is 4.90 Å². The topological polar surface area (TPSA) is 49.4 Å². The molecule has 0 aromatic heterocycles. The van der Waals surface area contributed by atoms with E-state index in [0.717, 1.165) is 22.4 Å². The van der Waals surface area contributed by atoms with Crippen LogP contribution < -0.4 is 5.32 Å². The van der Waals surface area contributed by atoms with Gasteiger partial charge in [0, 0.05) is 18.8 Å². The van der Waals surface area contributed by atoms with E-state index in [2.05, 4.69) is 5.32 Å². The molecule has 0 atom stereocenters. The van der Waals surface area contributed by atoms with E-state index in [1.54, 1.807) is 31.3 Å².